The molecule has 0 radical (unpaired) electrons. The van der Waals surface area contributed by atoms with Crippen LogP contribution >= 0.6 is 11.3 Å². The highest BCUT2D eigenvalue weighted by Gasteiger charge is 1.97. The second-order valence-corrected chi connectivity index (χ2v) is 4.81. The Morgan fingerprint density at radius 2 is 2.13 bits per heavy atom. The van der Waals surface area contributed by atoms with Crippen LogP contribution in [0.25, 0.3) is 6.08 Å². The van der Waals surface area contributed by atoms with Crippen molar-refractivity contribution in [2.45, 2.75) is 39.0 Å². The van der Waals surface area contributed by atoms with Crippen molar-refractivity contribution in [3.8, 4) is 0 Å². The van der Waals surface area contributed by atoms with E-state index in [0.29, 0.717) is 0 Å². The molecule has 82 valence electrons. The number of thiophene rings is 1. The van der Waals surface area contributed by atoms with Gasteiger partial charge in [0.05, 0.1) is 0 Å². The molecule has 0 N–H and O–H groups in total. The molecule has 1 aromatic rings. The summed E-state index contributed by atoms with van der Waals surface area (Å²) in [7, 11) is 0. The summed E-state index contributed by atoms with van der Waals surface area (Å²) in [6.07, 6.45) is 10.7. The number of aldehydes is 1. The smallest absolute Gasteiger partial charge is 0.142 e. The van der Waals surface area contributed by atoms with E-state index in [-0.39, 0.29) is 0 Å². The van der Waals surface area contributed by atoms with Crippen LogP contribution < -0.4 is 0 Å². The SMILES string of the molecule is CCCCCCc1ccc(C=CC=O)s1. The van der Waals surface area contributed by atoms with E-state index in [4.69, 9.17) is 0 Å². The van der Waals surface area contributed by atoms with Gasteiger partial charge in [0.1, 0.15) is 6.29 Å². The minimum absolute atomic E-state index is 0.820. The topological polar surface area (TPSA) is 17.1 Å². The summed E-state index contributed by atoms with van der Waals surface area (Å²) >= 11 is 1.79. The molecule has 1 aromatic heterocycles. The van der Waals surface area contributed by atoms with Crippen LogP contribution in [0.15, 0.2) is 18.2 Å². The van der Waals surface area contributed by atoms with Gasteiger partial charge in [-0.15, -0.1) is 11.3 Å². The summed E-state index contributed by atoms with van der Waals surface area (Å²) in [5.41, 5.74) is 0. The minimum atomic E-state index is 0.820. The van der Waals surface area contributed by atoms with Gasteiger partial charge >= 0.3 is 0 Å². The standard InChI is InChI=1S/C13H18OS/c1-2-3-4-5-7-12-9-10-13(15-12)8-6-11-14/h6,8-11H,2-5,7H2,1H3. The maximum Gasteiger partial charge on any atom is 0.142 e. The van der Waals surface area contributed by atoms with Crippen LogP contribution in [0.3, 0.4) is 0 Å². The van der Waals surface area contributed by atoms with Crippen molar-refractivity contribution in [3.63, 3.8) is 0 Å². The molecule has 0 aliphatic carbocycles. The third-order valence-corrected chi connectivity index (χ3v) is 3.41. The van der Waals surface area contributed by atoms with Crippen LogP contribution in [0.2, 0.25) is 0 Å². The fraction of sp³-hybridized carbons (Fsp3) is 0.462. The number of hydrogen-bond donors (Lipinski definition) is 0. The van der Waals surface area contributed by atoms with Crippen LogP contribution in [0.4, 0.5) is 0 Å². The third kappa shape index (κ3) is 4.93. The zero-order valence-electron chi connectivity index (χ0n) is 9.24. The van der Waals surface area contributed by atoms with Crippen LogP contribution in [-0.4, -0.2) is 6.29 Å². The summed E-state index contributed by atoms with van der Waals surface area (Å²) in [4.78, 5) is 12.7. The Kier molecular flexibility index (Phi) is 6.02. The lowest BCUT2D eigenvalue weighted by Crippen LogP contribution is -1.80. The summed E-state index contributed by atoms with van der Waals surface area (Å²) < 4.78 is 0. The molecule has 1 heterocycles. The van der Waals surface area contributed by atoms with Gasteiger partial charge in [0.15, 0.2) is 0 Å². The molecular formula is C13H18OS. The van der Waals surface area contributed by atoms with Gasteiger partial charge in [-0.1, -0.05) is 26.2 Å². The molecule has 1 rings (SSSR count). The minimum Gasteiger partial charge on any atom is -0.299 e. The first-order valence-corrected chi connectivity index (χ1v) is 6.39. The highest BCUT2D eigenvalue weighted by atomic mass is 32.1. The Labute approximate surface area is 95.8 Å². The van der Waals surface area contributed by atoms with Crippen molar-refractivity contribution >= 4 is 23.7 Å². The molecule has 0 aliphatic heterocycles. The van der Waals surface area contributed by atoms with Gasteiger partial charge < -0.3 is 0 Å². The molecule has 0 amide bonds. The number of unbranched alkanes of at least 4 members (excludes halogenated alkanes) is 3. The van der Waals surface area contributed by atoms with E-state index in [9.17, 15) is 4.79 Å². The lowest BCUT2D eigenvalue weighted by atomic mass is 10.1. The summed E-state index contributed by atoms with van der Waals surface area (Å²) in [5.74, 6) is 0. The molecule has 0 unspecified atom stereocenters. The van der Waals surface area contributed by atoms with Gasteiger partial charge in [-0.25, -0.2) is 0 Å². The molecule has 0 spiro atoms. The molecule has 0 fully saturated rings. The van der Waals surface area contributed by atoms with Crippen molar-refractivity contribution in [2.75, 3.05) is 0 Å². The normalized spacial score (nSPS) is 11.0. The second kappa shape index (κ2) is 7.41. The number of aryl methyl sites for hydroxylation is 1. The van der Waals surface area contributed by atoms with Gasteiger partial charge in [-0.05, 0) is 37.1 Å². The zero-order chi connectivity index (χ0) is 10.9. The number of carbonyl (C=O) groups excluding carboxylic acids is 1. The molecule has 0 saturated heterocycles. The van der Waals surface area contributed by atoms with Crippen molar-refractivity contribution in [2.24, 2.45) is 0 Å². The summed E-state index contributed by atoms with van der Waals surface area (Å²) in [6, 6.07) is 4.25. The van der Waals surface area contributed by atoms with Gasteiger partial charge in [-0.2, -0.15) is 0 Å². The Bertz CT molecular complexity index is 312. The monoisotopic (exact) mass is 222 g/mol. The lowest BCUT2D eigenvalue weighted by molar-refractivity contribution is -0.104. The van der Waals surface area contributed by atoms with Gasteiger partial charge in [0, 0.05) is 9.75 Å². The van der Waals surface area contributed by atoms with Crippen LogP contribution in [0, 0.1) is 0 Å². The highest BCUT2D eigenvalue weighted by molar-refractivity contribution is 7.12. The molecular weight excluding hydrogens is 204 g/mol. The average molecular weight is 222 g/mol. The maximum absolute atomic E-state index is 10.1. The van der Waals surface area contributed by atoms with E-state index in [0.717, 1.165) is 6.29 Å². The fourth-order valence-corrected chi connectivity index (χ4v) is 2.45. The van der Waals surface area contributed by atoms with Crippen LogP contribution in [0.1, 0.15) is 42.4 Å². The van der Waals surface area contributed by atoms with E-state index in [1.807, 2.05) is 6.08 Å². The van der Waals surface area contributed by atoms with Crippen molar-refractivity contribution < 1.29 is 4.79 Å². The molecule has 0 atom stereocenters. The first-order valence-electron chi connectivity index (χ1n) is 5.57. The molecule has 2 heteroatoms. The first-order chi connectivity index (χ1) is 7.36. The molecule has 1 nitrogen and oxygen atoms in total. The predicted molar refractivity (Wildman–Crippen MR) is 67.3 cm³/mol. The molecule has 0 aromatic carbocycles. The molecule has 15 heavy (non-hydrogen) atoms. The van der Waals surface area contributed by atoms with E-state index in [1.54, 1.807) is 17.4 Å². The Hall–Kier alpha value is -0.890. The second-order valence-electron chi connectivity index (χ2n) is 3.61. The number of carbonyl (C=O) groups is 1. The fourth-order valence-electron chi connectivity index (χ4n) is 1.48. The summed E-state index contributed by atoms with van der Waals surface area (Å²) in [5, 5.41) is 0. The van der Waals surface area contributed by atoms with E-state index >= 15 is 0 Å². The Morgan fingerprint density at radius 1 is 1.27 bits per heavy atom. The molecule has 0 bridgehead atoms. The predicted octanol–water partition coefficient (Wildman–Crippen LogP) is 4.08. The lowest BCUT2D eigenvalue weighted by Gasteiger charge is -1.96. The molecule has 0 aliphatic rings. The van der Waals surface area contributed by atoms with Gasteiger partial charge in [0.2, 0.25) is 0 Å². The van der Waals surface area contributed by atoms with Gasteiger partial charge in [-0.3, -0.25) is 4.79 Å². The van der Waals surface area contributed by atoms with Crippen molar-refractivity contribution in [3.05, 3.63) is 28.0 Å². The quantitative estimate of drug-likeness (QED) is 0.386. The van der Waals surface area contributed by atoms with Gasteiger partial charge in [0.25, 0.3) is 0 Å². The maximum atomic E-state index is 10.1. The first kappa shape index (κ1) is 12.2. The largest absolute Gasteiger partial charge is 0.299 e. The third-order valence-electron chi connectivity index (χ3n) is 2.30. The van der Waals surface area contributed by atoms with E-state index in [2.05, 4.69) is 19.1 Å². The number of hydrogen-bond acceptors (Lipinski definition) is 2. The Balaban J connectivity index is 2.32. The van der Waals surface area contributed by atoms with E-state index < -0.39 is 0 Å². The van der Waals surface area contributed by atoms with Crippen molar-refractivity contribution in [1.82, 2.24) is 0 Å². The summed E-state index contributed by atoms with van der Waals surface area (Å²) in [6.45, 7) is 2.23. The number of rotatable bonds is 7. The van der Waals surface area contributed by atoms with E-state index in [1.165, 1.54) is 41.9 Å². The number of allylic oxidation sites excluding steroid dienone is 1. The van der Waals surface area contributed by atoms with Crippen LogP contribution in [0.5, 0.6) is 0 Å². The highest BCUT2D eigenvalue weighted by Crippen LogP contribution is 2.20. The van der Waals surface area contributed by atoms with Crippen molar-refractivity contribution in [1.29, 1.82) is 0 Å². The Morgan fingerprint density at radius 3 is 2.87 bits per heavy atom. The van der Waals surface area contributed by atoms with Crippen LogP contribution in [-0.2, 0) is 11.2 Å². The average Bonchev–Trinajstić information content (AvgIpc) is 2.69. The zero-order valence-corrected chi connectivity index (χ0v) is 10.1. The molecule has 0 saturated carbocycles.